The molecule has 0 saturated carbocycles. The average Bonchev–Trinajstić information content (AvgIpc) is 3.79. The largest absolute Gasteiger partial charge is 0.302 e. The Bertz CT molecular complexity index is 973. The van der Waals surface area contributed by atoms with E-state index in [-0.39, 0.29) is 7.43 Å². The van der Waals surface area contributed by atoms with Crippen LogP contribution in [0.2, 0.25) is 0 Å². The van der Waals surface area contributed by atoms with E-state index in [4.69, 9.17) is 0 Å². The monoisotopic (exact) mass is 869 g/mol. The van der Waals surface area contributed by atoms with Crippen LogP contribution in [-0.2, 0) is 9.59 Å². The number of hydrogen-bond acceptors (Lipinski definition) is 4. The molecule has 0 unspecified atom stereocenters. The molecule has 1 rings (SSSR count). The van der Waals surface area contributed by atoms with E-state index in [1.807, 2.05) is 12.2 Å². The van der Waals surface area contributed by atoms with Gasteiger partial charge in [0.25, 0.3) is 0 Å². The van der Waals surface area contributed by atoms with Gasteiger partial charge in [-0.05, 0) is 114 Å². The number of carbonyl (C=O) groups excluding carboxylic acids is 2. The van der Waals surface area contributed by atoms with E-state index in [1.54, 1.807) is 0 Å². The van der Waals surface area contributed by atoms with E-state index in [2.05, 4.69) is 49.6 Å². The highest BCUT2D eigenvalue weighted by molar-refractivity contribution is 5.89. The van der Waals surface area contributed by atoms with Crippen molar-refractivity contribution >= 4 is 11.6 Å². The van der Waals surface area contributed by atoms with Crippen LogP contribution in [0.3, 0.4) is 0 Å². The molecule has 1 aliphatic rings. The summed E-state index contributed by atoms with van der Waals surface area (Å²) in [6, 6.07) is 0. The second-order valence-corrected chi connectivity index (χ2v) is 19.8. The smallest absolute Gasteiger partial charge is 0.155 e. The van der Waals surface area contributed by atoms with Crippen molar-refractivity contribution in [2.45, 2.75) is 286 Å². The van der Waals surface area contributed by atoms with Gasteiger partial charge in [0.1, 0.15) is 0 Å². The van der Waals surface area contributed by atoms with Gasteiger partial charge in [0.05, 0.1) is 0 Å². The summed E-state index contributed by atoms with van der Waals surface area (Å²) < 4.78 is 0. The minimum atomic E-state index is 0. The third kappa shape index (κ3) is 40.3. The lowest BCUT2D eigenvalue weighted by Gasteiger charge is -2.25. The highest BCUT2D eigenvalue weighted by Crippen LogP contribution is 2.24. The Morgan fingerprint density at radius 3 is 1.39 bits per heavy atom. The lowest BCUT2D eigenvalue weighted by Crippen LogP contribution is -2.35. The minimum absolute atomic E-state index is 0. The normalized spacial score (nSPS) is 13.5. The summed E-state index contributed by atoms with van der Waals surface area (Å²) >= 11 is 0. The predicted octanol–water partition coefficient (Wildman–Crippen LogP) is 18.0. The van der Waals surface area contributed by atoms with Crippen LogP contribution < -0.4 is 0 Å². The Balaban J connectivity index is 0.0000372. The van der Waals surface area contributed by atoms with Gasteiger partial charge in [-0.2, -0.15) is 0 Å². The summed E-state index contributed by atoms with van der Waals surface area (Å²) in [5.74, 6) is 2.17. The molecule has 4 nitrogen and oxygen atoms in total. The molecule has 0 amide bonds. The molecule has 0 spiro atoms. The molecular weight excluding hydrogens is 757 g/mol. The molecule has 0 aliphatic carbocycles. The van der Waals surface area contributed by atoms with Crippen molar-refractivity contribution in [1.82, 2.24) is 9.80 Å². The molecule has 1 heterocycles. The molecule has 0 aromatic carbocycles. The van der Waals surface area contributed by atoms with Crippen LogP contribution in [0.5, 0.6) is 0 Å². The van der Waals surface area contributed by atoms with Crippen molar-refractivity contribution in [2.75, 3.05) is 39.3 Å². The molecule has 1 aliphatic heterocycles. The number of likely N-dealkylation sites (tertiary alicyclic amines) is 1. The van der Waals surface area contributed by atoms with Gasteiger partial charge in [-0.25, -0.2) is 0 Å². The molecule has 4 heteroatoms. The minimum Gasteiger partial charge on any atom is -0.302 e. The third-order valence-electron chi connectivity index (χ3n) is 13.9. The second-order valence-electron chi connectivity index (χ2n) is 19.8. The molecule has 0 radical (unpaired) electrons. The zero-order chi connectivity index (χ0) is 44.1. The zero-order valence-corrected chi connectivity index (χ0v) is 42.0. The predicted molar refractivity (Wildman–Crippen MR) is 278 cm³/mol. The molecule has 1 saturated heterocycles. The van der Waals surface area contributed by atoms with Gasteiger partial charge in [-0.1, -0.05) is 221 Å². The summed E-state index contributed by atoms with van der Waals surface area (Å²) in [6.07, 6.45) is 58.0. The molecule has 0 aromatic rings. The maximum atomic E-state index is 12.8. The Labute approximate surface area is 390 Å². The Morgan fingerprint density at radius 2 is 0.871 bits per heavy atom. The van der Waals surface area contributed by atoms with Gasteiger partial charge < -0.3 is 9.80 Å². The molecule has 0 atom stereocenters. The van der Waals surface area contributed by atoms with Gasteiger partial charge in [-0.3, -0.25) is 9.59 Å². The molecular formula is C58H112N2O2. The number of rotatable bonds is 48. The first-order valence-electron chi connectivity index (χ1n) is 27.9. The fraction of sp³-hybridized carbons (Fsp3) is 0.897. The SMILES string of the molecule is C.CCCCCCCCC(/C=C\C(=O)CCCCCCCN(CCCCCCCC(=O)/C=C\CCCC(CCCCC)CCCCC)CCN1CCCC1)CCCCCCCC. The van der Waals surface area contributed by atoms with Crippen LogP contribution in [0.25, 0.3) is 0 Å². The number of allylic oxidation sites excluding steroid dienone is 4. The maximum Gasteiger partial charge on any atom is 0.155 e. The lowest BCUT2D eigenvalue weighted by molar-refractivity contribution is -0.115. The van der Waals surface area contributed by atoms with Crippen molar-refractivity contribution < 1.29 is 9.59 Å². The van der Waals surface area contributed by atoms with E-state index in [0.717, 1.165) is 38.0 Å². The van der Waals surface area contributed by atoms with E-state index in [1.165, 1.54) is 258 Å². The summed E-state index contributed by atoms with van der Waals surface area (Å²) in [4.78, 5) is 30.8. The Hall–Kier alpha value is -1.26. The lowest BCUT2D eigenvalue weighted by atomic mass is 9.90. The van der Waals surface area contributed by atoms with E-state index < -0.39 is 0 Å². The highest BCUT2D eigenvalue weighted by Gasteiger charge is 2.14. The van der Waals surface area contributed by atoms with Crippen LogP contribution >= 0.6 is 0 Å². The zero-order valence-electron chi connectivity index (χ0n) is 42.0. The van der Waals surface area contributed by atoms with E-state index in [0.29, 0.717) is 17.5 Å². The number of ketones is 2. The summed E-state index contributed by atoms with van der Waals surface area (Å²) in [7, 11) is 0. The molecule has 62 heavy (non-hydrogen) atoms. The number of hydrogen-bond donors (Lipinski definition) is 0. The highest BCUT2D eigenvalue weighted by atomic mass is 16.1. The van der Waals surface area contributed by atoms with Gasteiger partial charge in [0.15, 0.2) is 11.6 Å². The topological polar surface area (TPSA) is 40.6 Å². The summed E-state index contributed by atoms with van der Waals surface area (Å²) in [6.45, 7) is 16.6. The first-order valence-corrected chi connectivity index (χ1v) is 27.9. The van der Waals surface area contributed by atoms with Crippen molar-refractivity contribution in [2.24, 2.45) is 11.8 Å². The molecule has 366 valence electrons. The average molecular weight is 870 g/mol. The number of carbonyl (C=O) groups is 2. The Morgan fingerprint density at radius 1 is 0.468 bits per heavy atom. The number of nitrogens with zero attached hydrogens (tertiary/aromatic N) is 2. The molecule has 0 bridgehead atoms. The Kier molecular flexibility index (Phi) is 46.7. The fourth-order valence-electron chi connectivity index (χ4n) is 9.61. The number of unbranched alkanes of at least 4 members (excludes halogenated alkanes) is 23. The fourth-order valence-corrected chi connectivity index (χ4v) is 9.61. The van der Waals surface area contributed by atoms with Crippen molar-refractivity contribution in [3.05, 3.63) is 24.3 Å². The maximum absolute atomic E-state index is 12.8. The molecule has 1 fully saturated rings. The van der Waals surface area contributed by atoms with Gasteiger partial charge in [0, 0.05) is 25.9 Å². The molecule has 0 N–H and O–H groups in total. The van der Waals surface area contributed by atoms with Crippen molar-refractivity contribution in [3.63, 3.8) is 0 Å². The first kappa shape index (κ1) is 60.7. The van der Waals surface area contributed by atoms with Gasteiger partial charge in [0.2, 0.25) is 0 Å². The summed E-state index contributed by atoms with van der Waals surface area (Å²) in [5.41, 5.74) is 0. The second kappa shape index (κ2) is 47.7. The summed E-state index contributed by atoms with van der Waals surface area (Å²) in [5, 5.41) is 0. The van der Waals surface area contributed by atoms with Crippen molar-refractivity contribution in [1.29, 1.82) is 0 Å². The van der Waals surface area contributed by atoms with Gasteiger partial charge in [-0.15, -0.1) is 0 Å². The quantitative estimate of drug-likeness (QED) is 0.0451. The first-order chi connectivity index (χ1) is 30.0. The van der Waals surface area contributed by atoms with Crippen LogP contribution in [0.15, 0.2) is 24.3 Å². The van der Waals surface area contributed by atoms with Crippen LogP contribution in [0, 0.1) is 11.8 Å². The third-order valence-corrected chi connectivity index (χ3v) is 13.9. The molecule has 0 aromatic heterocycles. The van der Waals surface area contributed by atoms with Crippen molar-refractivity contribution in [3.8, 4) is 0 Å². The standard InChI is InChI=1S/C57H108N2O2.CH4/c1-5-9-13-15-19-28-41-55(42-29-20-16-14-10-6-2)46-47-57(61)45-32-22-18-24-35-49-58(52-53-59-50-36-37-51-59)48-34-23-17-21-31-43-56(60)44-33-25-30-40-54(38-26-11-7-3)39-27-12-8-4;/h33,44,46-47,54-55H,5-32,34-43,45,48-53H2,1-4H3;1H4/b44-33-,47-46-;. The van der Waals surface area contributed by atoms with Gasteiger partial charge >= 0.3 is 0 Å². The van der Waals surface area contributed by atoms with E-state index >= 15 is 0 Å². The van der Waals surface area contributed by atoms with Crippen LogP contribution in [-0.4, -0.2) is 60.6 Å². The van der Waals surface area contributed by atoms with E-state index in [9.17, 15) is 9.59 Å². The van der Waals surface area contributed by atoms with Crippen LogP contribution in [0.1, 0.15) is 286 Å². The van der Waals surface area contributed by atoms with Crippen LogP contribution in [0.4, 0.5) is 0 Å².